The fourth-order valence-corrected chi connectivity index (χ4v) is 3.96. The lowest BCUT2D eigenvalue weighted by molar-refractivity contribution is -0.130. The maximum atomic E-state index is 14.2. The van der Waals surface area contributed by atoms with E-state index in [4.69, 9.17) is 4.74 Å². The van der Waals surface area contributed by atoms with Crippen LogP contribution < -0.4 is 10.0 Å². The molecule has 9 heteroatoms. The molecule has 2 aliphatic heterocycles. The van der Waals surface area contributed by atoms with E-state index in [0.29, 0.717) is 45.6 Å². The largest absolute Gasteiger partial charge is 0.380 e. The third-order valence-corrected chi connectivity index (χ3v) is 5.65. The Morgan fingerprint density at radius 3 is 2.68 bits per heavy atom. The third kappa shape index (κ3) is 6.02. The smallest absolute Gasteiger partial charge is 0.259 e. The Morgan fingerprint density at radius 1 is 1.21 bits per heavy atom. The molecule has 1 aromatic carbocycles. The second-order valence-electron chi connectivity index (χ2n) is 7.18. The summed E-state index contributed by atoms with van der Waals surface area (Å²) in [6.45, 7) is 2.51. The average molecular weight is 417 g/mol. The number of likely N-dealkylation sites (tertiary alicyclic amines) is 1. The summed E-state index contributed by atoms with van der Waals surface area (Å²) in [5, 5.41) is 2.76. The molecule has 1 unspecified atom stereocenters. The van der Waals surface area contributed by atoms with Gasteiger partial charge in [-0.15, -0.1) is 0 Å². The van der Waals surface area contributed by atoms with Gasteiger partial charge >= 0.3 is 0 Å². The molecule has 1 amide bonds. The second kappa shape index (κ2) is 10.4. The number of carbonyl (C=O) groups is 1. The number of amides is 1. The van der Waals surface area contributed by atoms with Gasteiger partial charge in [0.05, 0.1) is 0 Å². The van der Waals surface area contributed by atoms with Crippen LogP contribution in [-0.4, -0.2) is 55.9 Å². The number of nitrogens with zero attached hydrogens (tertiary/aromatic N) is 1. The fraction of sp³-hybridized carbons (Fsp3) is 0.632. The van der Waals surface area contributed by atoms with E-state index in [-0.39, 0.29) is 16.5 Å². The van der Waals surface area contributed by atoms with Crippen molar-refractivity contribution in [2.75, 3.05) is 38.1 Å². The van der Waals surface area contributed by atoms with Crippen LogP contribution in [0.3, 0.4) is 0 Å². The molecule has 3 rings (SSSR count). The van der Waals surface area contributed by atoms with Gasteiger partial charge in [0.15, 0.2) is 0 Å². The SMILES string of the molecule is O=C(NSc1cc(F)c(NCCCN2CC(F)C2)c(F)c1)C1CCCCCO1. The molecular weight excluding hydrogens is 391 g/mol. The lowest BCUT2D eigenvalue weighted by Gasteiger charge is -2.34. The Kier molecular flexibility index (Phi) is 7.87. The van der Waals surface area contributed by atoms with Crippen molar-refractivity contribution in [3.05, 3.63) is 23.8 Å². The average Bonchev–Trinajstić information content (AvgIpc) is 2.92. The van der Waals surface area contributed by atoms with Crippen LogP contribution in [0.1, 0.15) is 32.1 Å². The van der Waals surface area contributed by atoms with Gasteiger partial charge in [-0.05, 0) is 43.3 Å². The zero-order valence-corrected chi connectivity index (χ0v) is 16.5. The monoisotopic (exact) mass is 417 g/mol. The summed E-state index contributed by atoms with van der Waals surface area (Å²) in [7, 11) is 0. The van der Waals surface area contributed by atoms with Gasteiger partial charge in [0.2, 0.25) is 0 Å². The first-order valence-corrected chi connectivity index (χ1v) is 10.5. The van der Waals surface area contributed by atoms with Gasteiger partial charge in [-0.1, -0.05) is 12.8 Å². The van der Waals surface area contributed by atoms with Crippen molar-refractivity contribution in [3.8, 4) is 0 Å². The summed E-state index contributed by atoms with van der Waals surface area (Å²) in [5.74, 6) is -1.71. The Morgan fingerprint density at radius 2 is 1.96 bits per heavy atom. The molecule has 0 radical (unpaired) electrons. The van der Waals surface area contributed by atoms with Crippen LogP contribution >= 0.6 is 11.9 Å². The highest BCUT2D eigenvalue weighted by molar-refractivity contribution is 7.98. The number of nitrogens with one attached hydrogen (secondary N) is 2. The summed E-state index contributed by atoms with van der Waals surface area (Å²) < 4.78 is 49.3. The first-order valence-electron chi connectivity index (χ1n) is 9.70. The summed E-state index contributed by atoms with van der Waals surface area (Å²) >= 11 is 0.880. The van der Waals surface area contributed by atoms with Crippen LogP contribution in [0, 0.1) is 11.6 Å². The molecule has 2 saturated heterocycles. The Hall–Kier alpha value is -1.45. The summed E-state index contributed by atoms with van der Waals surface area (Å²) in [6.07, 6.45) is 2.97. The van der Waals surface area contributed by atoms with Gasteiger partial charge in [-0.2, -0.15) is 0 Å². The van der Waals surface area contributed by atoms with Crippen molar-refractivity contribution >= 4 is 23.5 Å². The predicted octanol–water partition coefficient (Wildman–Crippen LogP) is 3.50. The Balaban J connectivity index is 1.45. The molecule has 156 valence electrons. The summed E-state index contributed by atoms with van der Waals surface area (Å²) in [4.78, 5) is 14.4. The molecule has 2 fully saturated rings. The molecule has 5 nitrogen and oxygen atoms in total. The van der Waals surface area contributed by atoms with Crippen LogP contribution in [0.15, 0.2) is 17.0 Å². The topological polar surface area (TPSA) is 53.6 Å². The van der Waals surface area contributed by atoms with Gasteiger partial charge in [0.25, 0.3) is 5.91 Å². The lowest BCUT2D eigenvalue weighted by atomic mass is 10.1. The van der Waals surface area contributed by atoms with Gasteiger partial charge in [0.1, 0.15) is 29.6 Å². The molecular formula is C19H26F3N3O2S. The predicted molar refractivity (Wildman–Crippen MR) is 103 cm³/mol. The molecule has 0 saturated carbocycles. The molecule has 0 aliphatic carbocycles. The number of alkyl halides is 1. The van der Waals surface area contributed by atoms with Crippen LogP contribution in [-0.2, 0) is 9.53 Å². The van der Waals surface area contributed by atoms with Gasteiger partial charge < -0.3 is 10.1 Å². The van der Waals surface area contributed by atoms with E-state index in [2.05, 4.69) is 10.0 Å². The summed E-state index contributed by atoms with van der Waals surface area (Å²) in [6, 6.07) is 2.38. The van der Waals surface area contributed by atoms with Crippen molar-refractivity contribution in [2.24, 2.45) is 0 Å². The van der Waals surface area contributed by atoms with Crippen LogP contribution in [0.5, 0.6) is 0 Å². The third-order valence-electron chi connectivity index (χ3n) is 4.87. The maximum absolute atomic E-state index is 14.2. The van der Waals surface area contributed by atoms with E-state index in [1.807, 2.05) is 4.90 Å². The zero-order chi connectivity index (χ0) is 19.9. The number of hydrogen-bond donors (Lipinski definition) is 2. The minimum absolute atomic E-state index is 0.185. The van der Waals surface area contributed by atoms with E-state index in [1.165, 1.54) is 12.1 Å². The van der Waals surface area contributed by atoms with E-state index in [1.54, 1.807) is 0 Å². The van der Waals surface area contributed by atoms with Crippen molar-refractivity contribution in [3.63, 3.8) is 0 Å². The molecule has 0 aromatic heterocycles. The molecule has 2 aliphatic rings. The van der Waals surface area contributed by atoms with Crippen molar-refractivity contribution in [2.45, 2.75) is 49.3 Å². The van der Waals surface area contributed by atoms with Crippen molar-refractivity contribution in [1.82, 2.24) is 9.62 Å². The fourth-order valence-electron chi connectivity index (χ4n) is 3.28. The molecule has 1 atom stereocenters. The highest BCUT2D eigenvalue weighted by atomic mass is 32.2. The number of rotatable bonds is 8. The van der Waals surface area contributed by atoms with Crippen LogP contribution in [0.4, 0.5) is 18.9 Å². The van der Waals surface area contributed by atoms with Gasteiger partial charge in [0, 0.05) is 37.7 Å². The Labute approximate surface area is 167 Å². The van der Waals surface area contributed by atoms with Gasteiger partial charge in [-0.3, -0.25) is 14.4 Å². The number of carbonyl (C=O) groups excluding carboxylic acids is 1. The lowest BCUT2D eigenvalue weighted by Crippen LogP contribution is -2.48. The molecule has 0 spiro atoms. The number of ether oxygens (including phenoxy) is 1. The molecule has 1 aromatic rings. The molecule has 2 N–H and O–H groups in total. The zero-order valence-electron chi connectivity index (χ0n) is 15.7. The van der Waals surface area contributed by atoms with Crippen LogP contribution in [0.2, 0.25) is 0 Å². The highest BCUT2D eigenvalue weighted by Gasteiger charge is 2.25. The maximum Gasteiger partial charge on any atom is 0.259 e. The van der Waals surface area contributed by atoms with E-state index >= 15 is 0 Å². The normalized spacial score (nSPS) is 21.0. The highest BCUT2D eigenvalue weighted by Crippen LogP contribution is 2.26. The summed E-state index contributed by atoms with van der Waals surface area (Å²) in [5.41, 5.74) is -0.185. The van der Waals surface area contributed by atoms with Crippen LogP contribution in [0.25, 0.3) is 0 Å². The quantitative estimate of drug-likeness (QED) is 0.501. The van der Waals surface area contributed by atoms with Crippen molar-refractivity contribution in [1.29, 1.82) is 0 Å². The number of hydrogen-bond acceptors (Lipinski definition) is 5. The first-order chi connectivity index (χ1) is 13.5. The molecule has 2 heterocycles. The number of benzene rings is 1. The molecule has 0 bridgehead atoms. The van der Waals surface area contributed by atoms with Gasteiger partial charge in [-0.25, -0.2) is 13.2 Å². The minimum atomic E-state index is -0.748. The number of anilines is 1. The van der Waals surface area contributed by atoms with Crippen molar-refractivity contribution < 1.29 is 22.7 Å². The van der Waals surface area contributed by atoms with E-state index < -0.39 is 23.9 Å². The minimum Gasteiger partial charge on any atom is -0.380 e. The first kappa shape index (κ1) is 21.3. The number of halogens is 3. The second-order valence-corrected chi connectivity index (χ2v) is 8.06. The van der Waals surface area contributed by atoms with E-state index in [0.717, 1.165) is 31.2 Å². The standard InChI is InChI=1S/C19H26F3N3O2S/c20-13-11-25(12-13)7-4-6-23-18-15(21)9-14(10-16(18)22)28-24-19(26)17-5-2-1-3-8-27-17/h9-10,13,17,23H,1-8,11-12H2,(H,24,26). The van der Waals surface area contributed by atoms with E-state index in [9.17, 15) is 18.0 Å². The molecule has 28 heavy (non-hydrogen) atoms. The Bertz CT molecular complexity index is 643.